The molecule has 24 heavy (non-hydrogen) atoms. The first kappa shape index (κ1) is 16.6. The van der Waals surface area contributed by atoms with Crippen molar-refractivity contribution in [1.82, 2.24) is 10.3 Å². The number of aromatic nitrogens is 1. The van der Waals surface area contributed by atoms with Gasteiger partial charge in [0.15, 0.2) is 0 Å². The standard InChI is InChI=1S/C19H21FN2O2/c20-17-3-1-2-14(11-17)4-5-19(23)22-18-13-24-12-16(18)10-15-6-8-21-9-7-15/h1-3,6-9,11,16,18H,4-5,10,12-13H2,(H,22,23)/t16-,18-/m1/s1. The Morgan fingerprint density at radius 2 is 2.04 bits per heavy atom. The molecule has 2 atom stereocenters. The van der Waals surface area contributed by atoms with E-state index in [1.165, 1.54) is 17.7 Å². The molecule has 4 nitrogen and oxygen atoms in total. The predicted molar refractivity (Wildman–Crippen MR) is 88.9 cm³/mol. The molecule has 2 heterocycles. The number of amides is 1. The predicted octanol–water partition coefficient (Wildman–Crippen LogP) is 2.53. The van der Waals surface area contributed by atoms with Gasteiger partial charge in [-0.25, -0.2) is 4.39 Å². The highest BCUT2D eigenvalue weighted by molar-refractivity contribution is 5.76. The number of nitrogens with one attached hydrogen (secondary N) is 1. The van der Waals surface area contributed by atoms with Crippen LogP contribution in [-0.4, -0.2) is 30.1 Å². The second-order valence-corrected chi connectivity index (χ2v) is 6.16. The Morgan fingerprint density at radius 3 is 2.83 bits per heavy atom. The van der Waals surface area contributed by atoms with Crippen LogP contribution in [0.3, 0.4) is 0 Å². The summed E-state index contributed by atoms with van der Waals surface area (Å²) in [6.07, 6.45) is 5.29. The van der Waals surface area contributed by atoms with Crippen molar-refractivity contribution in [3.63, 3.8) is 0 Å². The molecule has 1 aromatic carbocycles. The highest BCUT2D eigenvalue weighted by Crippen LogP contribution is 2.19. The Bertz CT molecular complexity index is 678. The average Bonchev–Trinajstić information content (AvgIpc) is 3.01. The van der Waals surface area contributed by atoms with Crippen molar-refractivity contribution in [1.29, 1.82) is 0 Å². The molecule has 1 saturated heterocycles. The van der Waals surface area contributed by atoms with Crippen molar-refractivity contribution in [3.8, 4) is 0 Å². The number of ether oxygens (including phenoxy) is 1. The lowest BCUT2D eigenvalue weighted by molar-refractivity contribution is -0.122. The van der Waals surface area contributed by atoms with E-state index < -0.39 is 0 Å². The van der Waals surface area contributed by atoms with Crippen LogP contribution in [0.1, 0.15) is 17.5 Å². The Morgan fingerprint density at radius 1 is 1.21 bits per heavy atom. The number of pyridine rings is 1. The fraction of sp³-hybridized carbons (Fsp3) is 0.368. The number of hydrogen-bond donors (Lipinski definition) is 1. The van der Waals surface area contributed by atoms with Gasteiger partial charge >= 0.3 is 0 Å². The van der Waals surface area contributed by atoms with Gasteiger partial charge in [-0.3, -0.25) is 9.78 Å². The quantitative estimate of drug-likeness (QED) is 0.886. The van der Waals surface area contributed by atoms with Crippen molar-refractivity contribution in [3.05, 3.63) is 65.7 Å². The topological polar surface area (TPSA) is 51.2 Å². The maximum atomic E-state index is 13.2. The maximum Gasteiger partial charge on any atom is 0.220 e. The van der Waals surface area contributed by atoms with E-state index in [2.05, 4.69) is 10.3 Å². The summed E-state index contributed by atoms with van der Waals surface area (Å²) in [5, 5.41) is 3.06. The molecule has 1 aliphatic heterocycles. The summed E-state index contributed by atoms with van der Waals surface area (Å²) in [6, 6.07) is 10.4. The SMILES string of the molecule is O=C(CCc1cccc(F)c1)N[C@@H]1COC[C@H]1Cc1ccncc1. The Labute approximate surface area is 141 Å². The van der Waals surface area contributed by atoms with Gasteiger partial charge in [-0.2, -0.15) is 0 Å². The molecule has 0 aliphatic carbocycles. The molecule has 1 amide bonds. The van der Waals surface area contributed by atoms with Crippen LogP contribution >= 0.6 is 0 Å². The molecule has 0 radical (unpaired) electrons. The van der Waals surface area contributed by atoms with Crippen LogP contribution < -0.4 is 5.32 Å². The van der Waals surface area contributed by atoms with Crippen LogP contribution in [0.4, 0.5) is 4.39 Å². The highest BCUT2D eigenvalue weighted by atomic mass is 19.1. The van der Waals surface area contributed by atoms with E-state index in [4.69, 9.17) is 4.74 Å². The van der Waals surface area contributed by atoms with Gasteiger partial charge in [0, 0.05) is 24.7 Å². The molecular weight excluding hydrogens is 307 g/mol. The van der Waals surface area contributed by atoms with Crippen LogP contribution in [-0.2, 0) is 22.4 Å². The lowest BCUT2D eigenvalue weighted by Crippen LogP contribution is -2.40. The summed E-state index contributed by atoms with van der Waals surface area (Å²) in [5.41, 5.74) is 2.03. The smallest absolute Gasteiger partial charge is 0.220 e. The molecule has 0 spiro atoms. The van der Waals surface area contributed by atoms with Crippen LogP contribution in [0.25, 0.3) is 0 Å². The number of carbonyl (C=O) groups excluding carboxylic acids is 1. The number of nitrogens with zero attached hydrogens (tertiary/aromatic N) is 1. The third kappa shape index (κ3) is 4.61. The van der Waals surface area contributed by atoms with Gasteiger partial charge < -0.3 is 10.1 Å². The van der Waals surface area contributed by atoms with Gasteiger partial charge in [0.25, 0.3) is 0 Å². The summed E-state index contributed by atoms with van der Waals surface area (Å²) in [4.78, 5) is 16.2. The van der Waals surface area contributed by atoms with Gasteiger partial charge in [0.2, 0.25) is 5.91 Å². The van der Waals surface area contributed by atoms with E-state index in [0.29, 0.717) is 26.1 Å². The van der Waals surface area contributed by atoms with E-state index in [1.807, 2.05) is 18.2 Å². The first-order valence-corrected chi connectivity index (χ1v) is 8.21. The zero-order chi connectivity index (χ0) is 16.8. The minimum atomic E-state index is -0.269. The molecule has 126 valence electrons. The number of carbonyl (C=O) groups is 1. The minimum Gasteiger partial charge on any atom is -0.379 e. The zero-order valence-electron chi connectivity index (χ0n) is 13.5. The second-order valence-electron chi connectivity index (χ2n) is 6.16. The van der Waals surface area contributed by atoms with Crippen molar-refractivity contribution in [2.24, 2.45) is 5.92 Å². The average molecular weight is 328 g/mol. The molecule has 0 bridgehead atoms. The first-order valence-electron chi connectivity index (χ1n) is 8.21. The van der Waals surface area contributed by atoms with Crippen molar-refractivity contribution >= 4 is 5.91 Å². The summed E-state index contributed by atoms with van der Waals surface area (Å²) >= 11 is 0. The van der Waals surface area contributed by atoms with Crippen molar-refractivity contribution in [2.45, 2.75) is 25.3 Å². The zero-order valence-corrected chi connectivity index (χ0v) is 13.5. The van der Waals surface area contributed by atoms with Crippen LogP contribution in [0, 0.1) is 11.7 Å². The molecule has 1 N–H and O–H groups in total. The number of aryl methyl sites for hydroxylation is 1. The highest BCUT2D eigenvalue weighted by Gasteiger charge is 2.29. The largest absolute Gasteiger partial charge is 0.379 e. The van der Waals surface area contributed by atoms with Gasteiger partial charge in [-0.1, -0.05) is 12.1 Å². The van der Waals surface area contributed by atoms with Gasteiger partial charge in [0.1, 0.15) is 5.82 Å². The normalized spacial score (nSPS) is 20.0. The van der Waals surface area contributed by atoms with Crippen molar-refractivity contribution in [2.75, 3.05) is 13.2 Å². The summed E-state index contributed by atoms with van der Waals surface area (Å²) in [7, 11) is 0. The fourth-order valence-electron chi connectivity index (χ4n) is 3.01. The van der Waals surface area contributed by atoms with Crippen LogP contribution in [0.2, 0.25) is 0 Å². The van der Waals surface area contributed by atoms with E-state index in [1.54, 1.807) is 18.5 Å². The van der Waals surface area contributed by atoms with E-state index in [9.17, 15) is 9.18 Å². The first-order chi connectivity index (χ1) is 11.7. The van der Waals surface area contributed by atoms with Crippen LogP contribution in [0.15, 0.2) is 48.8 Å². The monoisotopic (exact) mass is 328 g/mol. The third-order valence-electron chi connectivity index (χ3n) is 4.32. The van der Waals surface area contributed by atoms with Gasteiger partial charge in [-0.05, 0) is 48.2 Å². The number of halogens is 1. The Kier molecular flexibility index (Phi) is 5.54. The molecule has 5 heteroatoms. The summed E-state index contributed by atoms with van der Waals surface area (Å²) in [5.74, 6) is -0.0190. The molecule has 1 aliphatic rings. The molecule has 1 fully saturated rings. The molecule has 1 aromatic heterocycles. The third-order valence-corrected chi connectivity index (χ3v) is 4.32. The van der Waals surface area contributed by atoms with Gasteiger partial charge in [-0.15, -0.1) is 0 Å². The lowest BCUT2D eigenvalue weighted by atomic mass is 9.95. The molecule has 0 unspecified atom stereocenters. The van der Waals surface area contributed by atoms with E-state index in [0.717, 1.165) is 12.0 Å². The number of hydrogen-bond acceptors (Lipinski definition) is 3. The van der Waals surface area contributed by atoms with Crippen LogP contribution in [0.5, 0.6) is 0 Å². The Hall–Kier alpha value is -2.27. The van der Waals surface area contributed by atoms with Crippen molar-refractivity contribution < 1.29 is 13.9 Å². The number of benzene rings is 1. The second kappa shape index (κ2) is 8.02. The lowest BCUT2D eigenvalue weighted by Gasteiger charge is -2.19. The molecule has 2 aromatic rings. The molecular formula is C19H21FN2O2. The number of rotatable bonds is 6. The Balaban J connectivity index is 1.49. The fourth-order valence-corrected chi connectivity index (χ4v) is 3.01. The molecule has 0 saturated carbocycles. The summed E-state index contributed by atoms with van der Waals surface area (Å²) in [6.45, 7) is 1.19. The minimum absolute atomic E-state index is 0.0190. The summed E-state index contributed by atoms with van der Waals surface area (Å²) < 4.78 is 18.7. The van der Waals surface area contributed by atoms with E-state index in [-0.39, 0.29) is 23.7 Å². The van der Waals surface area contributed by atoms with E-state index >= 15 is 0 Å². The van der Waals surface area contributed by atoms with Gasteiger partial charge in [0.05, 0.1) is 19.3 Å². The maximum absolute atomic E-state index is 13.2. The molecule has 3 rings (SSSR count).